The standard InChI is InChI=1S/C18H19NO5/c1-19-6-5-17-14-9-3-4-11(23-2)15(14)24-16(17)10(20)8-13(21)18(17,22)12(19)7-9/h3-4,8,12,16,21-22H,5-7H2,1-2H3/t12-,16+,17+,18+/m1/s1. The van der Waals surface area contributed by atoms with Gasteiger partial charge in [0.2, 0.25) is 5.78 Å². The van der Waals surface area contributed by atoms with Crippen molar-refractivity contribution in [2.45, 2.75) is 36.0 Å². The zero-order valence-electron chi connectivity index (χ0n) is 13.6. The molecule has 24 heavy (non-hydrogen) atoms. The van der Waals surface area contributed by atoms with Crippen LogP contribution < -0.4 is 9.47 Å². The number of likely N-dealkylation sites (tertiary alicyclic amines) is 1. The molecule has 6 heteroatoms. The maximum absolute atomic E-state index is 12.6. The van der Waals surface area contributed by atoms with E-state index in [0.717, 1.165) is 23.7 Å². The minimum Gasteiger partial charge on any atom is -0.509 e. The molecule has 0 radical (unpaired) electrons. The summed E-state index contributed by atoms with van der Waals surface area (Å²) in [4.78, 5) is 14.7. The fourth-order valence-corrected chi connectivity index (χ4v) is 5.39. The number of benzene rings is 1. The Morgan fingerprint density at radius 1 is 1.42 bits per heavy atom. The summed E-state index contributed by atoms with van der Waals surface area (Å²) in [6.45, 7) is 0.726. The zero-order valence-corrected chi connectivity index (χ0v) is 13.6. The molecule has 2 aliphatic carbocycles. The Labute approximate surface area is 139 Å². The highest BCUT2D eigenvalue weighted by Gasteiger charge is 2.74. The van der Waals surface area contributed by atoms with Crippen LogP contribution in [0, 0.1) is 0 Å². The largest absolute Gasteiger partial charge is 0.509 e. The molecule has 1 aromatic rings. The molecule has 4 atom stereocenters. The highest BCUT2D eigenvalue weighted by Crippen LogP contribution is 2.64. The van der Waals surface area contributed by atoms with E-state index in [1.54, 1.807) is 7.11 Å². The first kappa shape index (κ1) is 14.3. The predicted molar refractivity (Wildman–Crippen MR) is 84.5 cm³/mol. The lowest BCUT2D eigenvalue weighted by Crippen LogP contribution is -2.76. The van der Waals surface area contributed by atoms with Gasteiger partial charge in [0.1, 0.15) is 5.76 Å². The van der Waals surface area contributed by atoms with Gasteiger partial charge < -0.3 is 19.7 Å². The molecule has 0 unspecified atom stereocenters. The predicted octanol–water partition coefficient (Wildman–Crippen LogP) is 0.710. The monoisotopic (exact) mass is 329 g/mol. The third-order valence-corrected chi connectivity index (χ3v) is 6.45. The number of ether oxygens (including phenoxy) is 2. The first-order valence-corrected chi connectivity index (χ1v) is 8.19. The Morgan fingerprint density at radius 3 is 2.96 bits per heavy atom. The number of piperidine rings is 1. The maximum Gasteiger partial charge on any atom is 0.200 e. The average molecular weight is 329 g/mol. The maximum atomic E-state index is 12.6. The first-order chi connectivity index (χ1) is 11.4. The topological polar surface area (TPSA) is 79.2 Å². The van der Waals surface area contributed by atoms with Crippen LogP contribution in [0.25, 0.3) is 0 Å². The summed E-state index contributed by atoms with van der Waals surface area (Å²) in [5.41, 5.74) is -0.579. The molecule has 2 heterocycles. The van der Waals surface area contributed by atoms with Gasteiger partial charge >= 0.3 is 0 Å². The van der Waals surface area contributed by atoms with E-state index in [4.69, 9.17) is 9.47 Å². The third kappa shape index (κ3) is 1.24. The lowest BCUT2D eigenvalue weighted by atomic mass is 9.50. The molecule has 126 valence electrons. The van der Waals surface area contributed by atoms with Crippen LogP contribution in [0.15, 0.2) is 24.0 Å². The fourth-order valence-electron chi connectivity index (χ4n) is 5.39. The molecule has 1 saturated heterocycles. The van der Waals surface area contributed by atoms with Gasteiger partial charge in [-0.3, -0.25) is 9.69 Å². The lowest BCUT2D eigenvalue weighted by molar-refractivity contribution is -0.167. The van der Waals surface area contributed by atoms with E-state index < -0.39 is 17.1 Å². The normalized spacial score (nSPS) is 39.1. The molecular formula is C18H19NO5. The Balaban J connectivity index is 1.90. The molecule has 1 spiro atoms. The molecule has 5 rings (SSSR count). The van der Waals surface area contributed by atoms with Gasteiger partial charge in [-0.2, -0.15) is 0 Å². The van der Waals surface area contributed by atoms with Crippen molar-refractivity contribution in [2.75, 3.05) is 20.7 Å². The van der Waals surface area contributed by atoms with Crippen LogP contribution in [0.1, 0.15) is 17.5 Å². The summed E-state index contributed by atoms with van der Waals surface area (Å²) in [5.74, 6) is 0.555. The zero-order chi connectivity index (χ0) is 16.9. The summed E-state index contributed by atoms with van der Waals surface area (Å²) in [7, 11) is 3.50. The summed E-state index contributed by atoms with van der Waals surface area (Å²) in [6.07, 6.45) is 1.44. The van der Waals surface area contributed by atoms with Crippen molar-refractivity contribution in [3.05, 3.63) is 35.1 Å². The van der Waals surface area contributed by atoms with E-state index in [2.05, 4.69) is 4.90 Å². The highest BCUT2D eigenvalue weighted by molar-refractivity contribution is 5.99. The van der Waals surface area contributed by atoms with Gasteiger partial charge in [0.05, 0.1) is 18.6 Å². The summed E-state index contributed by atoms with van der Waals surface area (Å²) in [6, 6.07) is 3.53. The number of likely N-dealkylation sites (N-methyl/N-ethyl adjacent to an activating group) is 1. The number of hydrogen-bond acceptors (Lipinski definition) is 6. The van der Waals surface area contributed by atoms with Crippen LogP contribution in [-0.4, -0.2) is 59.3 Å². The van der Waals surface area contributed by atoms with Crippen LogP contribution in [0.4, 0.5) is 0 Å². The van der Waals surface area contributed by atoms with Crippen molar-refractivity contribution in [2.24, 2.45) is 0 Å². The molecule has 2 aliphatic heterocycles. The number of hydrogen-bond donors (Lipinski definition) is 2. The summed E-state index contributed by atoms with van der Waals surface area (Å²) in [5, 5.41) is 22.3. The number of aliphatic hydroxyl groups excluding tert-OH is 1. The summed E-state index contributed by atoms with van der Waals surface area (Å²) < 4.78 is 11.5. The van der Waals surface area contributed by atoms with Crippen LogP contribution in [0.3, 0.4) is 0 Å². The van der Waals surface area contributed by atoms with Crippen LogP contribution in [0.5, 0.6) is 11.5 Å². The molecule has 2 N–H and O–H groups in total. The van der Waals surface area contributed by atoms with Gasteiger partial charge in [-0.1, -0.05) is 6.07 Å². The smallest absolute Gasteiger partial charge is 0.200 e. The van der Waals surface area contributed by atoms with Gasteiger partial charge in [0.15, 0.2) is 23.2 Å². The Hall–Kier alpha value is -2.05. The van der Waals surface area contributed by atoms with Crippen molar-refractivity contribution in [1.29, 1.82) is 0 Å². The molecule has 0 saturated carbocycles. The molecule has 2 bridgehead atoms. The van der Waals surface area contributed by atoms with Gasteiger partial charge in [-0.05, 0) is 38.1 Å². The second-order valence-electron chi connectivity index (χ2n) is 7.25. The number of nitrogens with zero attached hydrogens (tertiary/aromatic N) is 1. The van der Waals surface area contributed by atoms with Crippen molar-refractivity contribution < 1.29 is 24.5 Å². The SMILES string of the molecule is COc1ccc2c3c1O[C@H]1C(=O)C=C(O)[C@@]4(O)[C@@H](C2)N(C)CC[C@]314. The van der Waals surface area contributed by atoms with Crippen LogP contribution in [0.2, 0.25) is 0 Å². The highest BCUT2D eigenvalue weighted by atomic mass is 16.5. The number of ketones is 1. The van der Waals surface area contributed by atoms with E-state index in [1.807, 2.05) is 19.2 Å². The molecule has 6 nitrogen and oxygen atoms in total. The quantitative estimate of drug-likeness (QED) is 0.790. The number of aliphatic hydroxyl groups is 2. The third-order valence-electron chi connectivity index (χ3n) is 6.45. The molecule has 0 aromatic heterocycles. The number of methoxy groups -OCH3 is 1. The Morgan fingerprint density at radius 2 is 2.21 bits per heavy atom. The van der Waals surface area contributed by atoms with E-state index in [0.29, 0.717) is 24.3 Å². The first-order valence-electron chi connectivity index (χ1n) is 8.19. The molecular weight excluding hydrogens is 310 g/mol. The second kappa shape index (κ2) is 4.13. The molecule has 4 aliphatic rings. The number of carbonyl (C=O) groups excluding carboxylic acids is 1. The molecule has 0 amide bonds. The van der Waals surface area contributed by atoms with Gasteiger partial charge in [-0.15, -0.1) is 0 Å². The van der Waals surface area contributed by atoms with Crippen LogP contribution in [-0.2, 0) is 16.6 Å². The average Bonchev–Trinajstić information content (AvgIpc) is 2.91. The van der Waals surface area contributed by atoms with Crippen LogP contribution >= 0.6 is 0 Å². The van der Waals surface area contributed by atoms with Crippen molar-refractivity contribution in [1.82, 2.24) is 4.90 Å². The van der Waals surface area contributed by atoms with E-state index in [9.17, 15) is 15.0 Å². The van der Waals surface area contributed by atoms with Crippen molar-refractivity contribution in [3.8, 4) is 11.5 Å². The van der Waals surface area contributed by atoms with E-state index in [1.165, 1.54) is 0 Å². The summed E-state index contributed by atoms with van der Waals surface area (Å²) >= 11 is 0. The number of rotatable bonds is 1. The van der Waals surface area contributed by atoms with Gasteiger partial charge in [0, 0.05) is 11.6 Å². The number of carbonyl (C=O) groups is 1. The van der Waals surface area contributed by atoms with Gasteiger partial charge in [0.25, 0.3) is 0 Å². The molecule has 1 fully saturated rings. The molecule has 1 aromatic carbocycles. The van der Waals surface area contributed by atoms with E-state index in [-0.39, 0.29) is 17.6 Å². The minimum atomic E-state index is -1.52. The minimum absolute atomic E-state index is 0.245. The van der Waals surface area contributed by atoms with E-state index >= 15 is 0 Å². The fraction of sp³-hybridized carbons (Fsp3) is 0.500. The second-order valence-corrected chi connectivity index (χ2v) is 7.25. The van der Waals surface area contributed by atoms with Crippen molar-refractivity contribution in [3.63, 3.8) is 0 Å². The Kier molecular flexibility index (Phi) is 2.46. The lowest BCUT2D eigenvalue weighted by Gasteiger charge is -2.60. The van der Waals surface area contributed by atoms with Gasteiger partial charge in [-0.25, -0.2) is 0 Å². The Bertz CT molecular complexity index is 818. The van der Waals surface area contributed by atoms with Crippen molar-refractivity contribution >= 4 is 5.78 Å².